The van der Waals surface area contributed by atoms with Gasteiger partial charge in [0, 0.05) is 17.5 Å². The minimum Gasteiger partial charge on any atom is -0.369 e. The first-order chi connectivity index (χ1) is 13.7. The lowest BCUT2D eigenvalue weighted by atomic mass is 10.3. The van der Waals surface area contributed by atoms with E-state index in [4.69, 9.17) is 5.73 Å². The molecule has 4 N–H and O–H groups in total. The third kappa shape index (κ3) is 4.56. The number of fused-ring (bicyclic) bond motifs is 1. The van der Waals surface area contributed by atoms with Gasteiger partial charge in [-0.1, -0.05) is 42.1 Å². The summed E-state index contributed by atoms with van der Waals surface area (Å²) in [6, 6.07) is 18.8. The third-order valence-corrected chi connectivity index (χ3v) is 5.89. The number of nitrogens with one attached hydrogen (secondary N) is 2. The molecule has 0 saturated carbocycles. The lowest BCUT2D eigenvalue weighted by molar-refractivity contribution is 1.04. The summed E-state index contributed by atoms with van der Waals surface area (Å²) in [5.41, 5.74) is 8.01. The second-order valence-corrected chi connectivity index (χ2v) is 8.04. The summed E-state index contributed by atoms with van der Waals surface area (Å²) in [6.45, 7) is 0. The number of aromatic amines is 1. The van der Waals surface area contributed by atoms with Crippen LogP contribution in [0.4, 0.5) is 11.6 Å². The van der Waals surface area contributed by atoms with E-state index >= 15 is 0 Å². The zero-order chi connectivity index (χ0) is 19.3. The Bertz CT molecular complexity index is 1150. The van der Waals surface area contributed by atoms with Crippen LogP contribution in [-0.4, -0.2) is 20.9 Å². The van der Waals surface area contributed by atoms with Crippen LogP contribution in [0, 0.1) is 0 Å². The smallest absolute Gasteiger partial charge is 0.252 e. The average molecular weight is 409 g/mol. The molecule has 28 heavy (non-hydrogen) atoms. The number of rotatable bonds is 5. The molecule has 2 heterocycles. The number of nitrogens with zero attached hydrogens (tertiary/aromatic N) is 3. The fourth-order valence-corrected chi connectivity index (χ4v) is 4.44. The topological polar surface area (TPSA) is 109 Å². The van der Waals surface area contributed by atoms with Gasteiger partial charge >= 0.3 is 0 Å². The van der Waals surface area contributed by atoms with Crippen molar-refractivity contribution in [3.63, 3.8) is 0 Å². The van der Waals surface area contributed by atoms with Gasteiger partial charge < -0.3 is 11.1 Å². The maximum atomic E-state index is 12.0. The summed E-state index contributed by atoms with van der Waals surface area (Å²) in [5, 5.41) is 2.95. The van der Waals surface area contributed by atoms with Crippen molar-refractivity contribution in [2.45, 2.75) is 10.1 Å². The molecule has 0 radical (unpaired) electrons. The van der Waals surface area contributed by atoms with Crippen LogP contribution in [0.15, 0.2) is 74.8 Å². The van der Waals surface area contributed by atoms with Crippen LogP contribution < -0.4 is 16.6 Å². The highest BCUT2D eigenvalue weighted by atomic mass is 32.2. The zero-order valence-electron chi connectivity index (χ0n) is 14.6. The molecule has 2 aromatic carbocycles. The summed E-state index contributed by atoms with van der Waals surface area (Å²) in [4.78, 5) is 27.7. The quantitative estimate of drug-likeness (QED) is 0.264. The van der Waals surface area contributed by atoms with Crippen molar-refractivity contribution in [3.05, 3.63) is 76.7 Å². The van der Waals surface area contributed by atoms with Crippen molar-refractivity contribution >= 4 is 50.9 Å². The molecule has 7 nitrogen and oxygen atoms in total. The van der Waals surface area contributed by atoms with Crippen LogP contribution in [0.2, 0.25) is 0 Å². The molecule has 0 amide bonds. The van der Waals surface area contributed by atoms with Gasteiger partial charge in [-0.05, 0) is 24.3 Å². The molecule has 0 fully saturated rings. The van der Waals surface area contributed by atoms with Gasteiger partial charge in [0.15, 0.2) is 4.34 Å². The van der Waals surface area contributed by atoms with Gasteiger partial charge in [0.05, 0.1) is 15.9 Å². The fraction of sp³-hybridized carbons (Fsp3) is 0.0526. The molecule has 0 spiro atoms. The van der Waals surface area contributed by atoms with Crippen molar-refractivity contribution in [3.8, 4) is 0 Å². The molecular weight excluding hydrogens is 392 g/mol. The zero-order valence-corrected chi connectivity index (χ0v) is 16.3. The molecule has 0 bridgehead atoms. The van der Waals surface area contributed by atoms with Gasteiger partial charge in [-0.25, -0.2) is 9.97 Å². The Labute approximate surface area is 168 Å². The van der Waals surface area contributed by atoms with Crippen LogP contribution in [0.1, 0.15) is 5.69 Å². The Kier molecular flexibility index (Phi) is 5.36. The molecule has 0 aliphatic carbocycles. The van der Waals surface area contributed by atoms with Crippen molar-refractivity contribution in [2.24, 2.45) is 10.7 Å². The number of guanidine groups is 1. The molecule has 9 heteroatoms. The van der Waals surface area contributed by atoms with E-state index in [0.29, 0.717) is 11.4 Å². The Morgan fingerprint density at radius 1 is 1.14 bits per heavy atom. The van der Waals surface area contributed by atoms with Crippen molar-refractivity contribution in [1.82, 2.24) is 15.0 Å². The van der Waals surface area contributed by atoms with Gasteiger partial charge in [0.2, 0.25) is 11.9 Å². The largest absolute Gasteiger partial charge is 0.369 e. The number of benzene rings is 2. The fourth-order valence-electron chi connectivity index (χ4n) is 2.48. The van der Waals surface area contributed by atoms with E-state index in [1.54, 1.807) is 11.3 Å². The maximum absolute atomic E-state index is 12.0. The number of H-pyrrole nitrogens is 1. The van der Waals surface area contributed by atoms with Gasteiger partial charge in [0.25, 0.3) is 5.56 Å². The Balaban J connectivity index is 1.48. The van der Waals surface area contributed by atoms with Crippen LogP contribution in [-0.2, 0) is 5.75 Å². The summed E-state index contributed by atoms with van der Waals surface area (Å²) in [5.74, 6) is 0.816. The first-order valence-corrected chi connectivity index (χ1v) is 10.2. The highest BCUT2D eigenvalue weighted by Crippen LogP contribution is 2.30. The second kappa shape index (κ2) is 8.24. The molecule has 4 rings (SSSR count). The van der Waals surface area contributed by atoms with Crippen molar-refractivity contribution in [1.29, 1.82) is 0 Å². The van der Waals surface area contributed by atoms with Gasteiger partial charge in [-0.15, -0.1) is 11.3 Å². The number of para-hydroxylation sites is 2. The van der Waals surface area contributed by atoms with Gasteiger partial charge in [-0.2, -0.15) is 4.99 Å². The SMILES string of the molecule is NC(=Nc1nc(CSc2nc3ccccc3s2)cc(=O)[nH]1)Nc1ccccc1. The summed E-state index contributed by atoms with van der Waals surface area (Å²) in [6.07, 6.45) is 0. The third-order valence-electron chi connectivity index (χ3n) is 3.67. The number of aromatic nitrogens is 3. The standard InChI is InChI=1S/C19H16N6OS2/c20-17(21-12-6-2-1-3-7-12)25-18-22-13(10-16(26)24-18)11-27-19-23-14-8-4-5-9-15(14)28-19/h1-10H,11H2,(H4,20,21,22,24,25,26). The minimum absolute atomic E-state index is 0.144. The average Bonchev–Trinajstić information content (AvgIpc) is 3.10. The Hall–Kier alpha value is -3.17. The predicted molar refractivity (Wildman–Crippen MR) is 115 cm³/mol. The van der Waals surface area contributed by atoms with Crippen molar-refractivity contribution < 1.29 is 0 Å². The van der Waals surface area contributed by atoms with Crippen LogP contribution in [0.25, 0.3) is 10.2 Å². The predicted octanol–water partition coefficient (Wildman–Crippen LogP) is 3.73. The van der Waals surface area contributed by atoms with E-state index in [2.05, 4.69) is 25.3 Å². The number of thiazole rings is 1. The van der Waals surface area contributed by atoms with E-state index in [-0.39, 0.29) is 17.5 Å². The molecule has 0 aliphatic rings. The van der Waals surface area contributed by atoms with Crippen LogP contribution in [0.3, 0.4) is 0 Å². The molecule has 0 saturated heterocycles. The Morgan fingerprint density at radius 3 is 2.75 bits per heavy atom. The van der Waals surface area contributed by atoms with Gasteiger partial charge in [0.1, 0.15) is 0 Å². The first kappa shape index (κ1) is 18.2. The summed E-state index contributed by atoms with van der Waals surface area (Å²) in [7, 11) is 0. The number of aliphatic imine (C=N–C) groups is 1. The van der Waals surface area contributed by atoms with Crippen LogP contribution in [0.5, 0.6) is 0 Å². The molecule has 0 atom stereocenters. The normalized spacial score (nSPS) is 11.6. The van der Waals surface area contributed by atoms with E-state index in [0.717, 1.165) is 20.2 Å². The number of nitrogens with two attached hydrogens (primary N) is 1. The molecule has 140 valence electrons. The van der Waals surface area contributed by atoms with Crippen molar-refractivity contribution in [2.75, 3.05) is 5.32 Å². The summed E-state index contributed by atoms with van der Waals surface area (Å²) >= 11 is 3.15. The molecule has 2 aromatic heterocycles. The molecule has 0 aliphatic heterocycles. The van der Waals surface area contributed by atoms with E-state index in [1.807, 2.05) is 54.6 Å². The Morgan fingerprint density at radius 2 is 1.93 bits per heavy atom. The van der Waals surface area contributed by atoms with E-state index in [9.17, 15) is 4.79 Å². The number of anilines is 1. The maximum Gasteiger partial charge on any atom is 0.252 e. The van der Waals surface area contributed by atoms with Gasteiger partial charge in [-0.3, -0.25) is 9.78 Å². The highest BCUT2D eigenvalue weighted by Gasteiger charge is 2.07. The minimum atomic E-state index is -0.277. The molecule has 0 unspecified atom stereocenters. The molecule has 4 aromatic rings. The molecular formula is C19H16N6OS2. The highest BCUT2D eigenvalue weighted by molar-refractivity contribution is 8.00. The number of thioether (sulfide) groups is 1. The lowest BCUT2D eigenvalue weighted by Crippen LogP contribution is -2.22. The number of hydrogen-bond acceptors (Lipinski definition) is 6. The van der Waals surface area contributed by atoms with E-state index < -0.39 is 0 Å². The van der Waals surface area contributed by atoms with Crippen LogP contribution >= 0.6 is 23.1 Å². The second-order valence-electron chi connectivity index (χ2n) is 5.78. The monoisotopic (exact) mass is 408 g/mol. The van der Waals surface area contributed by atoms with E-state index in [1.165, 1.54) is 17.8 Å². The summed E-state index contributed by atoms with van der Waals surface area (Å²) < 4.78 is 2.06. The lowest BCUT2D eigenvalue weighted by Gasteiger charge is -2.05. The first-order valence-electron chi connectivity index (χ1n) is 8.40. The number of hydrogen-bond donors (Lipinski definition) is 3.